The molecule has 0 heterocycles. The number of hydrogen-bond donors (Lipinski definition) is 1. The molecule has 1 aromatic carbocycles. The Kier molecular flexibility index (Phi) is 7.48. The highest BCUT2D eigenvalue weighted by molar-refractivity contribution is 6.35. The third kappa shape index (κ3) is 5.73. The summed E-state index contributed by atoms with van der Waals surface area (Å²) in [4.78, 5) is 23.6. The maximum absolute atomic E-state index is 11.9. The summed E-state index contributed by atoms with van der Waals surface area (Å²) in [6.07, 6.45) is -0.980. The minimum atomic E-state index is -0.903. The zero-order valence-electron chi connectivity index (χ0n) is 12.7. The Morgan fingerprint density at radius 2 is 1.91 bits per heavy atom. The van der Waals surface area contributed by atoms with E-state index in [4.69, 9.17) is 32.7 Å². The van der Waals surface area contributed by atoms with Crippen molar-refractivity contribution in [1.29, 1.82) is 0 Å². The van der Waals surface area contributed by atoms with Gasteiger partial charge >= 0.3 is 5.97 Å². The minimum absolute atomic E-state index is 0.292. The lowest BCUT2D eigenvalue weighted by atomic mass is 10.3. The number of halogens is 2. The molecule has 0 fully saturated rings. The summed E-state index contributed by atoms with van der Waals surface area (Å²) < 4.78 is 10.5. The Morgan fingerprint density at radius 3 is 2.50 bits per heavy atom. The molecule has 1 rings (SSSR count). The number of hydrogen-bond acceptors (Lipinski definition) is 4. The van der Waals surface area contributed by atoms with Gasteiger partial charge in [-0.1, -0.05) is 30.1 Å². The van der Waals surface area contributed by atoms with Crippen molar-refractivity contribution in [3.8, 4) is 5.75 Å². The molecule has 0 saturated carbocycles. The monoisotopic (exact) mass is 347 g/mol. The fraction of sp³-hybridized carbons (Fsp3) is 0.467. The number of ether oxygens (including phenoxy) is 2. The summed E-state index contributed by atoms with van der Waals surface area (Å²) in [5.74, 6) is -0.671. The van der Waals surface area contributed by atoms with Crippen molar-refractivity contribution in [2.75, 3.05) is 6.54 Å². The van der Waals surface area contributed by atoms with Gasteiger partial charge in [-0.2, -0.15) is 0 Å². The Labute approximate surface area is 139 Å². The van der Waals surface area contributed by atoms with Crippen LogP contribution < -0.4 is 10.1 Å². The van der Waals surface area contributed by atoms with Crippen LogP contribution in [0, 0.1) is 0 Å². The smallest absolute Gasteiger partial charge is 0.347 e. The highest BCUT2D eigenvalue weighted by Crippen LogP contribution is 2.28. The molecule has 0 unspecified atom stereocenters. The fourth-order valence-corrected chi connectivity index (χ4v) is 1.98. The van der Waals surface area contributed by atoms with Gasteiger partial charge < -0.3 is 14.8 Å². The second kappa shape index (κ2) is 8.86. The van der Waals surface area contributed by atoms with Crippen molar-refractivity contribution in [2.45, 2.75) is 39.4 Å². The summed E-state index contributed by atoms with van der Waals surface area (Å²) in [5, 5.41) is 3.41. The van der Waals surface area contributed by atoms with Gasteiger partial charge in [0.15, 0.2) is 12.2 Å². The predicted octanol–water partition coefficient (Wildman–Crippen LogP) is 3.22. The van der Waals surface area contributed by atoms with Crippen LogP contribution in [0.4, 0.5) is 0 Å². The molecule has 1 amide bonds. The van der Waals surface area contributed by atoms with E-state index in [2.05, 4.69) is 5.32 Å². The average molecular weight is 348 g/mol. The SMILES string of the molecule is CCCNC(=O)[C@@H](C)OC(=O)[C@H](C)Oc1ccc(Cl)cc1Cl. The molecular formula is C15H19Cl2NO4. The summed E-state index contributed by atoms with van der Waals surface area (Å²) in [6, 6.07) is 4.67. The molecule has 0 saturated heterocycles. The zero-order chi connectivity index (χ0) is 16.7. The molecule has 122 valence electrons. The van der Waals surface area contributed by atoms with Crippen LogP contribution in [0.25, 0.3) is 0 Å². The maximum Gasteiger partial charge on any atom is 0.347 e. The van der Waals surface area contributed by atoms with Crippen molar-refractivity contribution in [3.63, 3.8) is 0 Å². The van der Waals surface area contributed by atoms with Crippen molar-refractivity contribution >= 4 is 35.1 Å². The number of carbonyl (C=O) groups is 2. The molecule has 0 bridgehead atoms. The molecule has 1 aromatic rings. The Bertz CT molecular complexity index is 536. The Hall–Kier alpha value is -1.46. The molecule has 0 spiro atoms. The largest absolute Gasteiger partial charge is 0.477 e. The van der Waals surface area contributed by atoms with Crippen molar-refractivity contribution in [1.82, 2.24) is 5.32 Å². The van der Waals surface area contributed by atoms with Gasteiger partial charge in [0.25, 0.3) is 5.91 Å². The average Bonchev–Trinajstić information content (AvgIpc) is 2.47. The lowest BCUT2D eigenvalue weighted by Gasteiger charge is -2.18. The Morgan fingerprint density at radius 1 is 1.23 bits per heavy atom. The van der Waals surface area contributed by atoms with Gasteiger partial charge in [-0.3, -0.25) is 4.79 Å². The highest BCUT2D eigenvalue weighted by atomic mass is 35.5. The van der Waals surface area contributed by atoms with E-state index in [0.29, 0.717) is 22.3 Å². The summed E-state index contributed by atoms with van der Waals surface area (Å²) >= 11 is 11.8. The first-order valence-electron chi connectivity index (χ1n) is 6.95. The van der Waals surface area contributed by atoms with Gasteiger partial charge in [0.2, 0.25) is 0 Å². The maximum atomic E-state index is 11.9. The first kappa shape index (κ1) is 18.6. The highest BCUT2D eigenvalue weighted by Gasteiger charge is 2.23. The molecule has 0 aliphatic heterocycles. The van der Waals surface area contributed by atoms with Crippen molar-refractivity contribution in [2.24, 2.45) is 0 Å². The van der Waals surface area contributed by atoms with E-state index in [1.54, 1.807) is 12.1 Å². The van der Waals surface area contributed by atoms with Gasteiger partial charge in [-0.25, -0.2) is 4.79 Å². The summed E-state index contributed by atoms with van der Waals surface area (Å²) in [5.41, 5.74) is 0. The molecule has 1 N–H and O–H groups in total. The van der Waals surface area contributed by atoms with E-state index in [1.165, 1.54) is 19.9 Å². The molecule has 22 heavy (non-hydrogen) atoms. The molecule has 5 nitrogen and oxygen atoms in total. The van der Waals surface area contributed by atoms with E-state index in [1.807, 2.05) is 6.92 Å². The number of nitrogens with one attached hydrogen (secondary N) is 1. The van der Waals surface area contributed by atoms with E-state index < -0.39 is 18.2 Å². The third-order valence-corrected chi connectivity index (χ3v) is 3.27. The molecule has 0 aromatic heterocycles. The summed E-state index contributed by atoms with van der Waals surface area (Å²) in [6.45, 7) is 5.49. The molecule has 7 heteroatoms. The number of benzene rings is 1. The van der Waals surface area contributed by atoms with Crippen LogP contribution in [0.15, 0.2) is 18.2 Å². The summed E-state index contributed by atoms with van der Waals surface area (Å²) in [7, 11) is 0. The fourth-order valence-electron chi connectivity index (χ4n) is 1.52. The van der Waals surface area contributed by atoms with Crippen LogP contribution in [0.3, 0.4) is 0 Å². The second-order valence-corrected chi connectivity index (χ2v) is 5.55. The van der Waals surface area contributed by atoms with Crippen LogP contribution in [-0.2, 0) is 14.3 Å². The van der Waals surface area contributed by atoms with Gasteiger partial charge in [0.1, 0.15) is 5.75 Å². The minimum Gasteiger partial charge on any atom is -0.477 e. The van der Waals surface area contributed by atoms with Crippen LogP contribution in [0.2, 0.25) is 10.0 Å². The number of esters is 1. The lowest BCUT2D eigenvalue weighted by molar-refractivity contribution is -0.160. The third-order valence-electron chi connectivity index (χ3n) is 2.74. The van der Waals surface area contributed by atoms with Crippen LogP contribution >= 0.6 is 23.2 Å². The standard InChI is InChI=1S/C15H19Cl2NO4/c1-4-7-18-14(19)9(2)22-15(20)10(3)21-13-6-5-11(16)8-12(13)17/h5-6,8-10H,4,7H2,1-3H3,(H,18,19)/t9-,10+/m1/s1. The van der Waals surface area contributed by atoms with E-state index in [-0.39, 0.29) is 5.91 Å². The molecule has 0 radical (unpaired) electrons. The number of rotatable bonds is 7. The molecule has 2 atom stereocenters. The topological polar surface area (TPSA) is 64.6 Å². The van der Waals surface area contributed by atoms with Gasteiger partial charge in [-0.15, -0.1) is 0 Å². The first-order chi connectivity index (χ1) is 10.3. The van der Waals surface area contributed by atoms with Gasteiger partial charge in [0, 0.05) is 11.6 Å². The molecular weight excluding hydrogens is 329 g/mol. The van der Waals surface area contributed by atoms with Crippen LogP contribution in [0.1, 0.15) is 27.2 Å². The van der Waals surface area contributed by atoms with Crippen molar-refractivity contribution in [3.05, 3.63) is 28.2 Å². The van der Waals surface area contributed by atoms with Crippen molar-refractivity contribution < 1.29 is 19.1 Å². The van der Waals surface area contributed by atoms with Crippen LogP contribution in [0.5, 0.6) is 5.75 Å². The second-order valence-electron chi connectivity index (χ2n) is 4.70. The molecule has 0 aliphatic carbocycles. The van der Waals surface area contributed by atoms with Gasteiger partial charge in [-0.05, 0) is 38.5 Å². The first-order valence-corrected chi connectivity index (χ1v) is 7.70. The predicted molar refractivity (Wildman–Crippen MR) is 85.4 cm³/mol. The zero-order valence-corrected chi connectivity index (χ0v) is 14.2. The lowest BCUT2D eigenvalue weighted by Crippen LogP contribution is -2.39. The normalized spacial score (nSPS) is 13.1. The van der Waals surface area contributed by atoms with Crippen LogP contribution in [-0.4, -0.2) is 30.6 Å². The Balaban J connectivity index is 2.56. The number of amides is 1. The van der Waals surface area contributed by atoms with E-state index in [0.717, 1.165) is 6.42 Å². The van der Waals surface area contributed by atoms with E-state index in [9.17, 15) is 9.59 Å². The molecule has 0 aliphatic rings. The quantitative estimate of drug-likeness (QED) is 0.769. The number of carbonyl (C=O) groups excluding carboxylic acids is 2. The van der Waals surface area contributed by atoms with Gasteiger partial charge in [0.05, 0.1) is 5.02 Å². The van der Waals surface area contributed by atoms with E-state index >= 15 is 0 Å².